The summed E-state index contributed by atoms with van der Waals surface area (Å²) in [5.41, 5.74) is 10.6. The Labute approximate surface area is 203 Å². The smallest absolute Gasteiger partial charge is 0.270 e. The van der Waals surface area contributed by atoms with Crippen LogP contribution >= 0.6 is 11.3 Å². The number of benzene rings is 1. The molecule has 0 saturated carbocycles. The number of rotatable bonds is 8. The first kappa shape index (κ1) is 23.7. The van der Waals surface area contributed by atoms with Crippen molar-refractivity contribution in [3.05, 3.63) is 58.0 Å². The molecule has 1 aliphatic heterocycles. The van der Waals surface area contributed by atoms with Crippen molar-refractivity contribution in [2.24, 2.45) is 5.92 Å². The summed E-state index contributed by atoms with van der Waals surface area (Å²) in [7, 11) is 0. The van der Waals surface area contributed by atoms with Gasteiger partial charge >= 0.3 is 0 Å². The van der Waals surface area contributed by atoms with E-state index in [0.717, 1.165) is 43.7 Å². The van der Waals surface area contributed by atoms with Crippen molar-refractivity contribution in [3.8, 4) is 23.2 Å². The Hall–Kier alpha value is -3.48. The fraction of sp³-hybridized carbons (Fsp3) is 0.360. The Morgan fingerprint density at radius 2 is 2.09 bits per heavy atom. The van der Waals surface area contributed by atoms with Gasteiger partial charge in [-0.15, -0.1) is 11.3 Å². The Balaban J connectivity index is 1.29. The Morgan fingerprint density at radius 1 is 1.32 bits per heavy atom. The van der Waals surface area contributed by atoms with Gasteiger partial charge in [0.15, 0.2) is 0 Å². The van der Waals surface area contributed by atoms with E-state index in [9.17, 15) is 10.1 Å². The van der Waals surface area contributed by atoms with Crippen molar-refractivity contribution >= 4 is 22.9 Å². The molecule has 0 unspecified atom stereocenters. The van der Waals surface area contributed by atoms with Crippen LogP contribution in [0.25, 0.3) is 11.3 Å². The number of piperidine rings is 1. The van der Waals surface area contributed by atoms with E-state index >= 15 is 0 Å². The number of amides is 1. The second kappa shape index (κ2) is 11.1. The van der Waals surface area contributed by atoms with Gasteiger partial charge in [0.1, 0.15) is 17.3 Å². The zero-order valence-electron chi connectivity index (χ0n) is 19.2. The number of anilines is 1. The number of hydrogen-bond donors (Lipinski definition) is 2. The van der Waals surface area contributed by atoms with Crippen LogP contribution in [-0.4, -0.2) is 47.0 Å². The molecule has 1 aromatic carbocycles. The molecule has 3 aromatic rings. The van der Waals surface area contributed by atoms with E-state index in [1.54, 1.807) is 18.3 Å². The molecule has 176 valence electrons. The molecule has 0 spiro atoms. The van der Waals surface area contributed by atoms with Crippen LogP contribution in [0.4, 0.5) is 5.69 Å². The van der Waals surface area contributed by atoms with Crippen LogP contribution in [0.5, 0.6) is 5.88 Å². The van der Waals surface area contributed by atoms with E-state index in [2.05, 4.69) is 32.3 Å². The summed E-state index contributed by atoms with van der Waals surface area (Å²) in [6, 6.07) is 13.7. The molecule has 4 rings (SSSR count). The van der Waals surface area contributed by atoms with Gasteiger partial charge < -0.3 is 15.8 Å². The van der Waals surface area contributed by atoms with Crippen molar-refractivity contribution in [2.45, 2.75) is 26.3 Å². The largest absolute Gasteiger partial charge is 0.477 e. The molecule has 0 aliphatic carbocycles. The van der Waals surface area contributed by atoms with Gasteiger partial charge in [-0.3, -0.25) is 9.69 Å². The molecule has 1 aliphatic rings. The summed E-state index contributed by atoms with van der Waals surface area (Å²) in [4.78, 5) is 25.2. The Morgan fingerprint density at radius 3 is 2.79 bits per heavy atom. The van der Waals surface area contributed by atoms with Crippen molar-refractivity contribution in [2.75, 3.05) is 32.0 Å². The minimum absolute atomic E-state index is 0.0985. The fourth-order valence-corrected chi connectivity index (χ4v) is 4.93. The first-order valence-corrected chi connectivity index (χ1v) is 12.3. The van der Waals surface area contributed by atoms with Crippen LogP contribution in [0.2, 0.25) is 0 Å². The minimum Gasteiger partial charge on any atom is -0.477 e. The van der Waals surface area contributed by atoms with E-state index in [1.165, 1.54) is 10.9 Å². The highest BCUT2D eigenvalue weighted by molar-refractivity contribution is 7.10. The molecule has 2 aromatic heterocycles. The van der Waals surface area contributed by atoms with Crippen molar-refractivity contribution in [1.82, 2.24) is 20.2 Å². The third-order valence-electron chi connectivity index (χ3n) is 5.96. The van der Waals surface area contributed by atoms with Crippen LogP contribution in [0.1, 0.15) is 40.7 Å². The van der Waals surface area contributed by atoms with E-state index < -0.39 is 0 Å². The average molecular weight is 477 g/mol. The first-order valence-electron chi connectivity index (χ1n) is 11.4. The predicted molar refractivity (Wildman–Crippen MR) is 132 cm³/mol. The van der Waals surface area contributed by atoms with Gasteiger partial charge in [0.2, 0.25) is 5.88 Å². The number of nitrogens with two attached hydrogens (primary N) is 1. The quantitative estimate of drug-likeness (QED) is 0.509. The zero-order chi connectivity index (χ0) is 23.9. The van der Waals surface area contributed by atoms with Gasteiger partial charge in [-0.25, -0.2) is 9.97 Å². The molecule has 0 bridgehead atoms. The lowest BCUT2D eigenvalue weighted by Crippen LogP contribution is -2.38. The minimum atomic E-state index is -0.309. The standard InChI is InChI=1S/C25H28N6O2S/c1-2-33-25-19(13-26)20(27)12-21(30-25)24(32)28-14-17-8-10-31(11-9-17)15-22-23(29-16-34-22)18-6-4-3-5-7-18/h3-7,12,16-17H,2,8-11,14-15H2,1H3,(H2,27,30)(H,28,32). The summed E-state index contributed by atoms with van der Waals surface area (Å²) >= 11 is 1.70. The van der Waals surface area contributed by atoms with Crippen LogP contribution in [-0.2, 0) is 6.54 Å². The SMILES string of the molecule is CCOc1nc(C(=O)NCC2CCN(Cc3scnc3-c3ccccc3)CC2)cc(N)c1C#N. The van der Waals surface area contributed by atoms with Gasteiger partial charge in [-0.1, -0.05) is 30.3 Å². The van der Waals surface area contributed by atoms with Crippen LogP contribution in [0.3, 0.4) is 0 Å². The molecular weight excluding hydrogens is 448 g/mol. The van der Waals surface area contributed by atoms with Crippen LogP contribution in [0.15, 0.2) is 41.9 Å². The van der Waals surface area contributed by atoms with Crippen molar-refractivity contribution < 1.29 is 9.53 Å². The molecule has 1 saturated heterocycles. The average Bonchev–Trinajstić information content (AvgIpc) is 3.32. The Bertz CT molecular complexity index is 1170. The maximum atomic E-state index is 12.7. The van der Waals surface area contributed by atoms with Crippen LogP contribution < -0.4 is 15.8 Å². The summed E-state index contributed by atoms with van der Waals surface area (Å²) in [5.74, 6) is 0.190. The highest BCUT2D eigenvalue weighted by atomic mass is 32.1. The number of nitrogens with zero attached hydrogens (tertiary/aromatic N) is 4. The van der Waals surface area contributed by atoms with Gasteiger partial charge in [-0.05, 0) is 44.8 Å². The Kier molecular flexibility index (Phi) is 7.72. The maximum absolute atomic E-state index is 12.7. The maximum Gasteiger partial charge on any atom is 0.270 e. The predicted octanol–water partition coefficient (Wildman–Crippen LogP) is 3.70. The van der Waals surface area contributed by atoms with Gasteiger partial charge in [0.05, 0.1) is 23.5 Å². The number of nitriles is 1. The highest BCUT2D eigenvalue weighted by Crippen LogP contribution is 2.28. The lowest BCUT2D eigenvalue weighted by atomic mass is 9.96. The first-order chi connectivity index (χ1) is 16.6. The summed E-state index contributed by atoms with van der Waals surface area (Å²) < 4.78 is 5.38. The number of pyridine rings is 1. The van der Waals surface area contributed by atoms with E-state index in [1.807, 2.05) is 29.8 Å². The number of carbonyl (C=O) groups is 1. The molecule has 3 N–H and O–H groups in total. The topological polar surface area (TPSA) is 117 Å². The number of hydrogen-bond acceptors (Lipinski definition) is 8. The molecule has 3 heterocycles. The molecule has 0 atom stereocenters. The third-order valence-corrected chi connectivity index (χ3v) is 6.77. The summed E-state index contributed by atoms with van der Waals surface area (Å²) in [6.45, 7) is 5.54. The van der Waals surface area contributed by atoms with E-state index in [4.69, 9.17) is 10.5 Å². The number of ether oxygens (including phenoxy) is 1. The summed E-state index contributed by atoms with van der Waals surface area (Å²) in [5, 5.41) is 12.2. The third kappa shape index (κ3) is 5.53. The fourth-order valence-electron chi connectivity index (χ4n) is 4.10. The number of likely N-dealkylation sites (tertiary alicyclic amines) is 1. The highest BCUT2D eigenvalue weighted by Gasteiger charge is 2.23. The van der Waals surface area contributed by atoms with Crippen LogP contribution in [0, 0.1) is 17.2 Å². The summed E-state index contributed by atoms with van der Waals surface area (Å²) in [6.07, 6.45) is 2.01. The monoisotopic (exact) mass is 476 g/mol. The lowest BCUT2D eigenvalue weighted by Gasteiger charge is -2.31. The van der Waals surface area contributed by atoms with Crippen molar-refractivity contribution in [1.29, 1.82) is 5.26 Å². The number of carbonyl (C=O) groups excluding carboxylic acids is 1. The molecule has 1 fully saturated rings. The molecule has 1 amide bonds. The van der Waals surface area contributed by atoms with Gasteiger partial charge in [0.25, 0.3) is 5.91 Å². The molecule has 34 heavy (non-hydrogen) atoms. The van der Waals surface area contributed by atoms with Gasteiger partial charge in [0, 0.05) is 23.5 Å². The van der Waals surface area contributed by atoms with Gasteiger partial charge in [-0.2, -0.15) is 5.26 Å². The molecule has 0 radical (unpaired) electrons. The second-order valence-electron chi connectivity index (χ2n) is 8.24. The lowest BCUT2D eigenvalue weighted by molar-refractivity contribution is 0.0929. The zero-order valence-corrected chi connectivity index (χ0v) is 20.0. The normalized spacial score (nSPS) is 14.5. The number of aromatic nitrogens is 2. The molecular formula is C25H28N6O2S. The van der Waals surface area contributed by atoms with Crippen molar-refractivity contribution in [3.63, 3.8) is 0 Å². The van der Waals surface area contributed by atoms with E-state index in [-0.39, 0.29) is 28.7 Å². The number of nitrogen functional groups attached to an aromatic ring is 1. The van der Waals surface area contributed by atoms with E-state index in [0.29, 0.717) is 19.1 Å². The molecule has 9 heteroatoms. The second-order valence-corrected chi connectivity index (χ2v) is 9.18. The molecule has 8 nitrogen and oxygen atoms in total. The number of nitrogens with one attached hydrogen (secondary N) is 1. The number of thiazole rings is 1.